The van der Waals surface area contributed by atoms with Crippen LogP contribution in [0.25, 0.3) is 0 Å². The van der Waals surface area contributed by atoms with Crippen LogP contribution in [0, 0.1) is 18.3 Å². The number of carbonyl (C=O) groups is 1. The molecule has 17 heavy (non-hydrogen) atoms. The van der Waals surface area contributed by atoms with Crippen molar-refractivity contribution in [2.75, 3.05) is 24.6 Å². The van der Waals surface area contributed by atoms with Crippen molar-refractivity contribution in [3.8, 4) is 6.07 Å². The lowest BCUT2D eigenvalue weighted by Gasteiger charge is -2.23. The van der Waals surface area contributed by atoms with E-state index in [2.05, 4.69) is 6.07 Å². The summed E-state index contributed by atoms with van der Waals surface area (Å²) in [6, 6.07) is 7.58. The predicted molar refractivity (Wildman–Crippen MR) is 66.1 cm³/mol. The summed E-state index contributed by atoms with van der Waals surface area (Å²) in [6.07, 6.45) is 1.24. The zero-order valence-corrected chi connectivity index (χ0v) is 9.89. The Kier molecular flexibility index (Phi) is 5.18. The molecule has 4 nitrogen and oxygen atoms in total. The molecular formula is C13H16N2O2. The van der Waals surface area contributed by atoms with Crippen LogP contribution in [-0.2, 0) is 0 Å². The zero-order valence-electron chi connectivity index (χ0n) is 9.89. The van der Waals surface area contributed by atoms with E-state index in [9.17, 15) is 4.79 Å². The Morgan fingerprint density at radius 2 is 2.24 bits per heavy atom. The van der Waals surface area contributed by atoms with Crippen molar-refractivity contribution < 1.29 is 9.90 Å². The van der Waals surface area contributed by atoms with E-state index in [1.165, 1.54) is 0 Å². The number of hydrogen-bond acceptors (Lipinski definition) is 4. The Hall–Kier alpha value is -1.86. The molecule has 90 valence electrons. The van der Waals surface area contributed by atoms with Crippen molar-refractivity contribution in [3.63, 3.8) is 0 Å². The highest BCUT2D eigenvalue weighted by Crippen LogP contribution is 2.18. The van der Waals surface area contributed by atoms with Gasteiger partial charge in [-0.2, -0.15) is 5.26 Å². The van der Waals surface area contributed by atoms with E-state index in [0.717, 1.165) is 17.5 Å². The maximum Gasteiger partial charge on any atom is 0.150 e. The van der Waals surface area contributed by atoms with Crippen LogP contribution < -0.4 is 4.90 Å². The summed E-state index contributed by atoms with van der Waals surface area (Å²) in [6.45, 7) is 2.98. The second kappa shape index (κ2) is 6.66. The average molecular weight is 232 g/mol. The number of rotatable bonds is 6. The van der Waals surface area contributed by atoms with Gasteiger partial charge in [0.25, 0.3) is 0 Å². The van der Waals surface area contributed by atoms with Crippen LogP contribution in [0.1, 0.15) is 22.3 Å². The van der Waals surface area contributed by atoms with Crippen molar-refractivity contribution in [3.05, 3.63) is 29.3 Å². The minimum atomic E-state index is 0.0416. The molecule has 0 radical (unpaired) electrons. The van der Waals surface area contributed by atoms with Crippen LogP contribution in [0.15, 0.2) is 18.2 Å². The van der Waals surface area contributed by atoms with Gasteiger partial charge in [-0.05, 0) is 30.7 Å². The van der Waals surface area contributed by atoms with E-state index in [4.69, 9.17) is 10.4 Å². The number of anilines is 1. The van der Waals surface area contributed by atoms with E-state index in [0.29, 0.717) is 25.1 Å². The first kappa shape index (κ1) is 13.2. The van der Waals surface area contributed by atoms with Gasteiger partial charge in [0.15, 0.2) is 0 Å². The first-order valence-corrected chi connectivity index (χ1v) is 5.51. The Morgan fingerprint density at radius 1 is 1.47 bits per heavy atom. The second-order valence-electron chi connectivity index (χ2n) is 3.78. The Bertz CT molecular complexity index is 424. The summed E-state index contributed by atoms with van der Waals surface area (Å²) in [5.74, 6) is 0. The third-order valence-corrected chi connectivity index (χ3v) is 2.61. The van der Waals surface area contributed by atoms with Crippen molar-refractivity contribution in [1.29, 1.82) is 5.26 Å². The molecule has 0 atom stereocenters. The molecule has 0 saturated heterocycles. The van der Waals surface area contributed by atoms with Gasteiger partial charge in [-0.1, -0.05) is 0 Å². The minimum Gasteiger partial charge on any atom is -0.395 e. The van der Waals surface area contributed by atoms with E-state index in [1.54, 1.807) is 6.07 Å². The quantitative estimate of drug-likeness (QED) is 0.755. The molecule has 1 rings (SSSR count). The van der Waals surface area contributed by atoms with Gasteiger partial charge >= 0.3 is 0 Å². The van der Waals surface area contributed by atoms with Gasteiger partial charge in [-0.25, -0.2) is 0 Å². The molecule has 0 unspecified atom stereocenters. The number of nitrogens with zero attached hydrogens (tertiary/aromatic N) is 2. The third kappa shape index (κ3) is 3.58. The first-order chi connectivity index (χ1) is 8.22. The fraction of sp³-hybridized carbons (Fsp3) is 0.385. The summed E-state index contributed by atoms with van der Waals surface area (Å²) >= 11 is 0. The molecule has 4 heteroatoms. The Balaban J connectivity index is 2.90. The first-order valence-electron chi connectivity index (χ1n) is 5.51. The molecule has 0 fully saturated rings. The number of carbonyl (C=O) groups excluding carboxylic acids is 1. The summed E-state index contributed by atoms with van der Waals surface area (Å²) < 4.78 is 0. The van der Waals surface area contributed by atoms with Crippen LogP contribution in [0.4, 0.5) is 5.69 Å². The molecule has 0 bridgehead atoms. The lowest BCUT2D eigenvalue weighted by atomic mass is 10.1. The number of benzene rings is 1. The van der Waals surface area contributed by atoms with E-state index < -0.39 is 0 Å². The van der Waals surface area contributed by atoms with E-state index in [1.807, 2.05) is 24.0 Å². The third-order valence-electron chi connectivity index (χ3n) is 2.61. The van der Waals surface area contributed by atoms with Crippen molar-refractivity contribution in [2.24, 2.45) is 0 Å². The molecule has 1 N–H and O–H groups in total. The van der Waals surface area contributed by atoms with Crippen LogP contribution in [0.3, 0.4) is 0 Å². The fourth-order valence-electron chi connectivity index (χ4n) is 1.66. The molecule has 1 aromatic rings. The Morgan fingerprint density at radius 3 is 2.76 bits per heavy atom. The molecule has 0 heterocycles. The molecular weight excluding hydrogens is 216 g/mol. The normalized spacial score (nSPS) is 9.71. The molecule has 0 spiro atoms. The van der Waals surface area contributed by atoms with Gasteiger partial charge in [-0.15, -0.1) is 0 Å². The lowest BCUT2D eigenvalue weighted by Crippen LogP contribution is -2.27. The molecule has 0 saturated carbocycles. The highest BCUT2D eigenvalue weighted by Gasteiger charge is 2.07. The van der Waals surface area contributed by atoms with Crippen molar-refractivity contribution in [2.45, 2.75) is 13.3 Å². The molecule has 0 aliphatic heterocycles. The molecule has 0 amide bonds. The maximum atomic E-state index is 10.7. The lowest BCUT2D eigenvalue weighted by molar-refractivity contribution is 0.112. The summed E-state index contributed by atoms with van der Waals surface area (Å²) in [4.78, 5) is 12.6. The monoisotopic (exact) mass is 232 g/mol. The second-order valence-corrected chi connectivity index (χ2v) is 3.78. The van der Waals surface area contributed by atoms with Crippen molar-refractivity contribution >= 4 is 12.0 Å². The van der Waals surface area contributed by atoms with Gasteiger partial charge in [0.1, 0.15) is 6.29 Å². The van der Waals surface area contributed by atoms with Crippen LogP contribution >= 0.6 is 0 Å². The molecule has 0 aliphatic carbocycles. The molecule has 1 aromatic carbocycles. The fourth-order valence-corrected chi connectivity index (χ4v) is 1.66. The number of hydrogen-bond donors (Lipinski definition) is 1. The van der Waals surface area contributed by atoms with Crippen molar-refractivity contribution in [1.82, 2.24) is 0 Å². The van der Waals surface area contributed by atoms with Gasteiger partial charge < -0.3 is 10.0 Å². The van der Waals surface area contributed by atoms with Crippen LogP contribution in [0.2, 0.25) is 0 Å². The number of nitriles is 1. The largest absolute Gasteiger partial charge is 0.395 e. The Labute approximate surface area is 101 Å². The van der Waals surface area contributed by atoms with Crippen LogP contribution in [-0.4, -0.2) is 31.1 Å². The topological polar surface area (TPSA) is 64.3 Å². The smallest absolute Gasteiger partial charge is 0.150 e. The van der Waals surface area contributed by atoms with E-state index in [-0.39, 0.29) is 6.61 Å². The number of aldehydes is 1. The zero-order chi connectivity index (χ0) is 12.7. The summed E-state index contributed by atoms with van der Waals surface area (Å²) in [5, 5.41) is 17.6. The van der Waals surface area contributed by atoms with E-state index >= 15 is 0 Å². The van der Waals surface area contributed by atoms with Gasteiger partial charge in [0.05, 0.1) is 19.1 Å². The van der Waals surface area contributed by atoms with Crippen LogP contribution in [0.5, 0.6) is 0 Å². The number of aliphatic hydroxyl groups is 1. The number of aryl methyl sites for hydroxylation is 1. The van der Waals surface area contributed by atoms with Gasteiger partial charge in [-0.3, -0.25) is 4.79 Å². The standard InChI is InChI=1S/C13H16N2O2/c1-11-9-13(4-3-12(11)10-17)15(7-8-16)6-2-5-14/h3-4,9-10,16H,2,6-8H2,1H3. The van der Waals surface area contributed by atoms with Gasteiger partial charge in [0.2, 0.25) is 0 Å². The maximum absolute atomic E-state index is 10.7. The summed E-state index contributed by atoms with van der Waals surface area (Å²) in [5.41, 5.74) is 2.49. The SMILES string of the molecule is Cc1cc(N(CCO)CCC#N)ccc1C=O. The highest BCUT2D eigenvalue weighted by molar-refractivity contribution is 5.78. The number of aliphatic hydroxyl groups excluding tert-OH is 1. The van der Waals surface area contributed by atoms with Gasteiger partial charge in [0, 0.05) is 24.3 Å². The minimum absolute atomic E-state index is 0.0416. The summed E-state index contributed by atoms with van der Waals surface area (Å²) in [7, 11) is 0. The highest BCUT2D eigenvalue weighted by atomic mass is 16.3. The molecule has 0 aliphatic rings. The molecule has 0 aromatic heterocycles. The predicted octanol–water partition coefficient (Wildman–Crippen LogP) is 1.52. The average Bonchev–Trinajstić information content (AvgIpc) is 2.34.